The van der Waals surface area contributed by atoms with Gasteiger partial charge in [-0.15, -0.1) is 11.3 Å². The van der Waals surface area contributed by atoms with Crippen LogP contribution in [-0.2, 0) is 6.54 Å². The number of nitrogens with one attached hydrogen (secondary N) is 1. The van der Waals surface area contributed by atoms with Crippen molar-refractivity contribution in [3.63, 3.8) is 0 Å². The fraction of sp³-hybridized carbons (Fsp3) is 0.750. The normalized spacial score (nSPS) is 23.0. The third-order valence-electron chi connectivity index (χ3n) is 4.17. The van der Waals surface area contributed by atoms with Crippen LogP contribution in [-0.4, -0.2) is 11.0 Å². The third kappa shape index (κ3) is 1.72. The Kier molecular flexibility index (Phi) is 2.43. The maximum atomic E-state index is 4.27. The Bertz CT molecular complexity index is 351. The summed E-state index contributed by atoms with van der Waals surface area (Å²) in [5.74, 6) is 0. The molecule has 2 nitrogen and oxygen atoms in total. The number of aromatic nitrogens is 1. The van der Waals surface area contributed by atoms with Crippen LogP contribution in [0.15, 0.2) is 6.20 Å². The first-order valence-electron chi connectivity index (χ1n) is 5.50. The van der Waals surface area contributed by atoms with Crippen LogP contribution in [0.25, 0.3) is 0 Å². The van der Waals surface area contributed by atoms with Crippen LogP contribution in [0.1, 0.15) is 37.6 Å². The van der Waals surface area contributed by atoms with Crippen LogP contribution in [0, 0.1) is 17.8 Å². The van der Waals surface area contributed by atoms with E-state index in [0.29, 0.717) is 16.9 Å². The summed E-state index contributed by atoms with van der Waals surface area (Å²) in [6.07, 6.45) is 1.98. The summed E-state index contributed by atoms with van der Waals surface area (Å²) < 4.78 is 0. The smallest absolute Gasteiger partial charge is 0.0897 e. The molecular weight excluding hydrogens is 204 g/mol. The first-order chi connectivity index (χ1) is 6.85. The van der Waals surface area contributed by atoms with E-state index in [-0.39, 0.29) is 0 Å². The van der Waals surface area contributed by atoms with Crippen LogP contribution >= 0.6 is 11.3 Å². The van der Waals surface area contributed by atoms with Gasteiger partial charge >= 0.3 is 0 Å². The number of aryl methyl sites for hydroxylation is 1. The van der Waals surface area contributed by atoms with Gasteiger partial charge in [0.05, 0.1) is 5.01 Å². The van der Waals surface area contributed by atoms with Crippen LogP contribution in [0.2, 0.25) is 0 Å². The monoisotopic (exact) mass is 224 g/mol. The molecule has 0 aliphatic heterocycles. The molecule has 84 valence electrons. The zero-order chi connectivity index (χ0) is 11.3. The Morgan fingerprint density at radius 2 is 1.93 bits per heavy atom. The molecule has 0 radical (unpaired) electrons. The molecule has 0 aromatic carbocycles. The van der Waals surface area contributed by atoms with Gasteiger partial charge in [-0.3, -0.25) is 0 Å². The van der Waals surface area contributed by atoms with Crippen LogP contribution in [0.5, 0.6) is 0 Å². The van der Waals surface area contributed by atoms with E-state index in [1.165, 1.54) is 4.88 Å². The van der Waals surface area contributed by atoms with E-state index in [9.17, 15) is 0 Å². The Balaban J connectivity index is 1.91. The molecule has 1 N–H and O–H groups in total. The molecule has 2 rings (SSSR count). The second-order valence-electron chi connectivity index (χ2n) is 5.60. The van der Waals surface area contributed by atoms with E-state index in [1.54, 1.807) is 11.3 Å². The number of rotatable bonds is 3. The second kappa shape index (κ2) is 3.29. The van der Waals surface area contributed by atoms with Gasteiger partial charge in [-0.1, -0.05) is 27.7 Å². The van der Waals surface area contributed by atoms with E-state index in [0.717, 1.165) is 11.6 Å². The molecule has 1 heterocycles. The van der Waals surface area contributed by atoms with Gasteiger partial charge in [-0.05, 0) is 17.8 Å². The Labute approximate surface area is 96.1 Å². The topological polar surface area (TPSA) is 24.9 Å². The highest BCUT2D eigenvalue weighted by atomic mass is 32.1. The first kappa shape index (κ1) is 11.1. The van der Waals surface area contributed by atoms with Crippen molar-refractivity contribution in [2.75, 3.05) is 0 Å². The van der Waals surface area contributed by atoms with Gasteiger partial charge in [0.1, 0.15) is 0 Å². The van der Waals surface area contributed by atoms with Gasteiger partial charge in [0.25, 0.3) is 0 Å². The molecule has 1 saturated carbocycles. The lowest BCUT2D eigenvalue weighted by atomic mass is 10.0. The van der Waals surface area contributed by atoms with Crippen molar-refractivity contribution in [3.8, 4) is 0 Å². The molecule has 0 unspecified atom stereocenters. The van der Waals surface area contributed by atoms with Gasteiger partial charge in [0.2, 0.25) is 0 Å². The molecule has 0 bridgehead atoms. The van der Waals surface area contributed by atoms with Gasteiger partial charge in [0.15, 0.2) is 0 Å². The van der Waals surface area contributed by atoms with E-state index in [2.05, 4.69) is 44.9 Å². The highest BCUT2D eigenvalue weighted by molar-refractivity contribution is 7.11. The van der Waals surface area contributed by atoms with Crippen molar-refractivity contribution in [1.29, 1.82) is 0 Å². The van der Waals surface area contributed by atoms with Crippen LogP contribution < -0.4 is 5.32 Å². The van der Waals surface area contributed by atoms with Crippen molar-refractivity contribution < 1.29 is 0 Å². The molecule has 1 aromatic rings. The van der Waals surface area contributed by atoms with E-state index in [1.807, 2.05) is 6.20 Å². The van der Waals surface area contributed by atoms with Gasteiger partial charge in [0, 0.05) is 23.7 Å². The average Bonchev–Trinajstić information content (AvgIpc) is 2.50. The second-order valence-corrected chi connectivity index (χ2v) is 6.92. The number of hydrogen-bond donors (Lipinski definition) is 1. The lowest BCUT2D eigenvalue weighted by Gasteiger charge is -2.03. The summed E-state index contributed by atoms with van der Waals surface area (Å²) in [4.78, 5) is 5.61. The average molecular weight is 224 g/mol. The lowest BCUT2D eigenvalue weighted by Crippen LogP contribution is -2.21. The minimum absolute atomic E-state index is 0.423. The summed E-state index contributed by atoms with van der Waals surface area (Å²) in [6, 6.07) is 0.632. The molecule has 0 amide bonds. The van der Waals surface area contributed by atoms with Crippen molar-refractivity contribution in [3.05, 3.63) is 16.1 Å². The Morgan fingerprint density at radius 1 is 1.33 bits per heavy atom. The van der Waals surface area contributed by atoms with Crippen molar-refractivity contribution in [2.24, 2.45) is 10.8 Å². The van der Waals surface area contributed by atoms with Crippen molar-refractivity contribution >= 4 is 11.3 Å². The molecule has 1 aliphatic carbocycles. The number of thiazole rings is 1. The minimum atomic E-state index is 0.423. The predicted octanol–water partition coefficient (Wildman–Crippen LogP) is 2.98. The molecule has 1 aromatic heterocycles. The van der Waals surface area contributed by atoms with Crippen molar-refractivity contribution in [2.45, 2.75) is 47.2 Å². The van der Waals surface area contributed by atoms with E-state index < -0.39 is 0 Å². The number of nitrogens with zero attached hydrogens (tertiary/aromatic N) is 1. The molecule has 1 fully saturated rings. The van der Waals surface area contributed by atoms with Gasteiger partial charge < -0.3 is 5.32 Å². The highest BCUT2D eigenvalue weighted by Gasteiger charge is 2.64. The summed E-state index contributed by atoms with van der Waals surface area (Å²) in [5, 5.41) is 4.79. The maximum Gasteiger partial charge on any atom is 0.0897 e. The lowest BCUT2D eigenvalue weighted by molar-refractivity contribution is 0.457. The van der Waals surface area contributed by atoms with Gasteiger partial charge in [-0.2, -0.15) is 0 Å². The predicted molar refractivity (Wildman–Crippen MR) is 65.0 cm³/mol. The summed E-state index contributed by atoms with van der Waals surface area (Å²) in [5.41, 5.74) is 0.847. The molecule has 0 saturated heterocycles. The highest BCUT2D eigenvalue weighted by Crippen LogP contribution is 2.62. The largest absolute Gasteiger partial charge is 0.308 e. The SMILES string of the molecule is Cc1ncc(CNC2C(C)(C)C2(C)C)s1. The molecule has 1 aliphatic rings. The third-order valence-corrected chi connectivity index (χ3v) is 5.08. The van der Waals surface area contributed by atoms with Gasteiger partial charge in [-0.25, -0.2) is 4.98 Å². The minimum Gasteiger partial charge on any atom is -0.308 e. The fourth-order valence-electron chi connectivity index (χ4n) is 2.40. The fourth-order valence-corrected chi connectivity index (χ4v) is 3.14. The molecule has 15 heavy (non-hydrogen) atoms. The molecule has 0 atom stereocenters. The Hall–Kier alpha value is -0.410. The molecule has 0 spiro atoms. The summed E-state index contributed by atoms with van der Waals surface area (Å²) in [7, 11) is 0. The molecule has 3 heteroatoms. The van der Waals surface area contributed by atoms with Crippen LogP contribution in [0.4, 0.5) is 0 Å². The maximum absolute atomic E-state index is 4.27. The zero-order valence-electron chi connectivity index (χ0n) is 10.2. The van der Waals surface area contributed by atoms with E-state index in [4.69, 9.17) is 0 Å². The van der Waals surface area contributed by atoms with Crippen LogP contribution in [0.3, 0.4) is 0 Å². The summed E-state index contributed by atoms with van der Waals surface area (Å²) >= 11 is 1.78. The first-order valence-corrected chi connectivity index (χ1v) is 6.32. The molecular formula is C12H20N2S. The van der Waals surface area contributed by atoms with Crippen molar-refractivity contribution in [1.82, 2.24) is 10.3 Å². The standard InChI is InChI=1S/C12H20N2S/c1-8-13-6-9(15-8)7-14-10-11(2,3)12(10,4)5/h6,10,14H,7H2,1-5H3. The number of hydrogen-bond acceptors (Lipinski definition) is 3. The van der Waals surface area contributed by atoms with E-state index >= 15 is 0 Å². The zero-order valence-corrected chi connectivity index (χ0v) is 11.0. The Morgan fingerprint density at radius 3 is 2.33 bits per heavy atom. The quantitative estimate of drug-likeness (QED) is 0.854. The summed E-state index contributed by atoms with van der Waals surface area (Å²) in [6.45, 7) is 12.4.